The van der Waals surface area contributed by atoms with Crippen LogP contribution in [0, 0.1) is 16.0 Å². The van der Waals surface area contributed by atoms with Crippen molar-refractivity contribution in [1.82, 2.24) is 0 Å². The Hall–Kier alpha value is -2.69. The topological polar surface area (TPSA) is 64.7 Å². The van der Waals surface area contributed by atoms with Crippen LogP contribution in [0.15, 0.2) is 53.7 Å². The maximum absolute atomic E-state index is 10.9. The van der Waals surface area contributed by atoms with Gasteiger partial charge in [0.25, 0.3) is 5.69 Å². The third-order valence-corrected chi connectivity index (χ3v) is 4.42. The maximum Gasteiger partial charge on any atom is 0.270 e. The van der Waals surface area contributed by atoms with E-state index in [9.17, 15) is 10.1 Å². The highest BCUT2D eigenvalue weighted by atomic mass is 16.6. The molecule has 1 aliphatic carbocycles. The van der Waals surface area contributed by atoms with Gasteiger partial charge < -0.3 is 4.84 Å². The smallest absolute Gasteiger partial charge is 0.270 e. The summed E-state index contributed by atoms with van der Waals surface area (Å²) in [6.45, 7) is 0. The molecule has 1 aliphatic heterocycles. The normalized spacial score (nSPS) is 22.3. The van der Waals surface area contributed by atoms with Crippen molar-refractivity contribution in [1.29, 1.82) is 0 Å². The molecule has 2 unspecified atom stereocenters. The van der Waals surface area contributed by atoms with Gasteiger partial charge in [0.1, 0.15) is 0 Å². The summed E-state index contributed by atoms with van der Waals surface area (Å²) in [5.74, 6) is 0.164. The molecular formula is C17H14N2O3. The van der Waals surface area contributed by atoms with Crippen LogP contribution in [0.1, 0.15) is 29.2 Å². The summed E-state index contributed by atoms with van der Waals surface area (Å²) in [5.41, 5.74) is 4.17. The highest BCUT2D eigenvalue weighted by Crippen LogP contribution is 2.43. The van der Waals surface area contributed by atoms with Gasteiger partial charge in [0.05, 0.1) is 10.6 Å². The van der Waals surface area contributed by atoms with Crippen molar-refractivity contribution in [3.63, 3.8) is 0 Å². The molecule has 0 saturated heterocycles. The number of nitro groups is 1. The lowest BCUT2D eigenvalue weighted by molar-refractivity contribution is -0.384. The molecule has 0 fully saturated rings. The van der Waals surface area contributed by atoms with E-state index in [1.165, 1.54) is 17.2 Å². The summed E-state index contributed by atoms with van der Waals surface area (Å²) >= 11 is 0. The zero-order chi connectivity index (χ0) is 15.1. The van der Waals surface area contributed by atoms with Crippen LogP contribution in [0.4, 0.5) is 5.69 Å². The summed E-state index contributed by atoms with van der Waals surface area (Å²) in [4.78, 5) is 16.2. The maximum atomic E-state index is 10.9. The lowest BCUT2D eigenvalue weighted by Crippen LogP contribution is -2.24. The molecule has 2 aromatic carbocycles. The van der Waals surface area contributed by atoms with Crippen LogP contribution >= 0.6 is 0 Å². The molecule has 4 rings (SSSR count). The van der Waals surface area contributed by atoms with Crippen LogP contribution in [-0.4, -0.2) is 10.6 Å². The Balaban J connectivity index is 1.69. The van der Waals surface area contributed by atoms with Gasteiger partial charge in [0.15, 0.2) is 6.10 Å². The SMILES string of the molecule is O=[N+]([O-])c1cccc(C2=NOC3c4ccccc4CCC23)c1. The van der Waals surface area contributed by atoms with Crippen LogP contribution in [0.25, 0.3) is 0 Å². The molecule has 2 atom stereocenters. The second-order valence-corrected chi connectivity index (χ2v) is 5.65. The zero-order valence-corrected chi connectivity index (χ0v) is 11.8. The lowest BCUT2D eigenvalue weighted by atomic mass is 9.78. The monoisotopic (exact) mass is 294 g/mol. The van der Waals surface area contributed by atoms with Crippen molar-refractivity contribution < 1.29 is 9.76 Å². The molecule has 5 nitrogen and oxygen atoms in total. The second kappa shape index (κ2) is 4.94. The van der Waals surface area contributed by atoms with E-state index in [-0.39, 0.29) is 22.6 Å². The highest BCUT2D eigenvalue weighted by molar-refractivity contribution is 6.03. The number of benzene rings is 2. The van der Waals surface area contributed by atoms with Crippen LogP contribution in [0.5, 0.6) is 0 Å². The van der Waals surface area contributed by atoms with Crippen LogP contribution in [-0.2, 0) is 11.3 Å². The van der Waals surface area contributed by atoms with Gasteiger partial charge in [-0.1, -0.05) is 41.6 Å². The number of hydrogen-bond donors (Lipinski definition) is 0. The minimum Gasteiger partial charge on any atom is -0.387 e. The fourth-order valence-corrected chi connectivity index (χ4v) is 3.36. The van der Waals surface area contributed by atoms with E-state index in [0.29, 0.717) is 0 Å². The highest BCUT2D eigenvalue weighted by Gasteiger charge is 2.39. The molecule has 5 heteroatoms. The summed E-state index contributed by atoms with van der Waals surface area (Å²) in [6, 6.07) is 14.9. The van der Waals surface area contributed by atoms with E-state index < -0.39 is 0 Å². The predicted molar refractivity (Wildman–Crippen MR) is 81.7 cm³/mol. The third kappa shape index (κ3) is 1.97. The number of nitrogens with zero attached hydrogens (tertiary/aromatic N) is 2. The van der Waals surface area contributed by atoms with Gasteiger partial charge in [-0.3, -0.25) is 10.1 Å². The summed E-state index contributed by atoms with van der Waals surface area (Å²) < 4.78 is 0. The van der Waals surface area contributed by atoms with E-state index in [0.717, 1.165) is 24.1 Å². The van der Waals surface area contributed by atoms with Crippen molar-refractivity contribution in [2.24, 2.45) is 11.1 Å². The Morgan fingerprint density at radius 1 is 1.18 bits per heavy atom. The van der Waals surface area contributed by atoms with Gasteiger partial charge >= 0.3 is 0 Å². The fraction of sp³-hybridized carbons (Fsp3) is 0.235. The molecule has 2 aromatic rings. The van der Waals surface area contributed by atoms with Crippen molar-refractivity contribution in [3.05, 3.63) is 75.3 Å². The molecule has 110 valence electrons. The molecule has 0 saturated carbocycles. The fourth-order valence-electron chi connectivity index (χ4n) is 3.36. The number of fused-ring (bicyclic) bond motifs is 3. The van der Waals surface area contributed by atoms with Gasteiger partial charge in [-0.15, -0.1) is 0 Å². The largest absolute Gasteiger partial charge is 0.387 e. The first-order chi connectivity index (χ1) is 10.7. The molecule has 1 heterocycles. The molecule has 0 radical (unpaired) electrons. The van der Waals surface area contributed by atoms with Crippen molar-refractivity contribution >= 4 is 11.4 Å². The number of aryl methyl sites for hydroxylation is 1. The summed E-state index contributed by atoms with van der Waals surface area (Å²) in [7, 11) is 0. The van der Waals surface area contributed by atoms with Crippen molar-refractivity contribution in [3.8, 4) is 0 Å². The van der Waals surface area contributed by atoms with Crippen molar-refractivity contribution in [2.45, 2.75) is 18.9 Å². The number of hydrogen-bond acceptors (Lipinski definition) is 4. The van der Waals surface area contributed by atoms with Gasteiger partial charge in [0.2, 0.25) is 0 Å². The Morgan fingerprint density at radius 2 is 2.05 bits per heavy atom. The predicted octanol–water partition coefficient (Wildman–Crippen LogP) is 3.63. The molecule has 0 N–H and O–H groups in total. The van der Waals surface area contributed by atoms with E-state index in [1.54, 1.807) is 12.1 Å². The Morgan fingerprint density at radius 3 is 2.91 bits per heavy atom. The Kier molecular flexibility index (Phi) is 2.92. The molecule has 22 heavy (non-hydrogen) atoms. The third-order valence-electron chi connectivity index (χ3n) is 4.42. The van der Waals surface area contributed by atoms with Crippen molar-refractivity contribution in [2.75, 3.05) is 0 Å². The molecule has 2 aliphatic rings. The Bertz CT molecular complexity index is 785. The van der Waals surface area contributed by atoms with Gasteiger partial charge in [-0.25, -0.2) is 0 Å². The van der Waals surface area contributed by atoms with E-state index >= 15 is 0 Å². The molecule has 0 bridgehead atoms. The lowest BCUT2D eigenvalue weighted by Gasteiger charge is -2.26. The van der Waals surface area contributed by atoms with Crippen LogP contribution < -0.4 is 0 Å². The zero-order valence-electron chi connectivity index (χ0n) is 11.8. The molecule has 0 spiro atoms. The molecular weight excluding hydrogens is 280 g/mol. The number of nitro benzene ring substituents is 1. The quantitative estimate of drug-likeness (QED) is 0.627. The first-order valence-corrected chi connectivity index (χ1v) is 7.30. The number of non-ortho nitro benzene ring substituents is 1. The van der Waals surface area contributed by atoms with E-state index in [4.69, 9.17) is 4.84 Å². The van der Waals surface area contributed by atoms with E-state index in [2.05, 4.69) is 17.3 Å². The number of rotatable bonds is 2. The van der Waals surface area contributed by atoms with Crippen LogP contribution in [0.2, 0.25) is 0 Å². The minimum atomic E-state index is -0.381. The van der Waals surface area contributed by atoms with Gasteiger partial charge in [-0.05, 0) is 24.0 Å². The second-order valence-electron chi connectivity index (χ2n) is 5.65. The average molecular weight is 294 g/mol. The number of oxime groups is 1. The standard InChI is InChI=1S/C17H14N2O3/c20-19(21)13-6-3-5-12(10-13)16-15-9-8-11-4-1-2-7-14(11)17(15)22-18-16/h1-7,10,15,17H,8-9H2. The first-order valence-electron chi connectivity index (χ1n) is 7.30. The molecule has 0 amide bonds. The first kappa shape index (κ1) is 13.0. The van der Waals surface area contributed by atoms with Gasteiger partial charge in [-0.2, -0.15) is 0 Å². The van der Waals surface area contributed by atoms with Gasteiger partial charge in [0, 0.05) is 23.6 Å². The minimum absolute atomic E-state index is 0.0702. The summed E-state index contributed by atoms with van der Waals surface area (Å²) in [5, 5.41) is 15.2. The molecule has 0 aromatic heterocycles. The van der Waals surface area contributed by atoms with Crippen LogP contribution in [0.3, 0.4) is 0 Å². The van der Waals surface area contributed by atoms with E-state index in [1.807, 2.05) is 18.2 Å². The summed E-state index contributed by atoms with van der Waals surface area (Å²) in [6.07, 6.45) is 1.86. The average Bonchev–Trinajstić information content (AvgIpc) is 2.99. The Labute approximate surface area is 127 Å².